The molecule has 0 spiro atoms. The molecule has 1 N–H and O–H groups in total. The highest BCUT2D eigenvalue weighted by Crippen LogP contribution is 2.30. The Morgan fingerprint density at radius 3 is 2.84 bits per heavy atom. The second-order valence-corrected chi connectivity index (χ2v) is 8.43. The molecule has 1 aliphatic rings. The van der Waals surface area contributed by atoms with Crippen LogP contribution in [-0.2, 0) is 21.7 Å². The van der Waals surface area contributed by atoms with Gasteiger partial charge in [-0.1, -0.05) is 24.3 Å². The molecule has 0 aliphatic carbocycles. The molecule has 3 aromatic rings. The monoisotopic (exact) mass is 451 g/mol. The zero-order valence-corrected chi connectivity index (χ0v) is 18.2. The second kappa shape index (κ2) is 8.71. The number of rotatable bonds is 8. The molecule has 11 heteroatoms. The van der Waals surface area contributed by atoms with E-state index < -0.39 is 17.5 Å². The molecule has 1 fully saturated rings. The van der Waals surface area contributed by atoms with Crippen LogP contribution in [0.2, 0.25) is 0 Å². The molecule has 32 heavy (non-hydrogen) atoms. The number of hydrogen-bond donors (Lipinski definition) is 1. The Kier molecular flexibility index (Phi) is 5.82. The molecule has 10 nitrogen and oxygen atoms in total. The first kappa shape index (κ1) is 21.4. The first-order valence-corrected chi connectivity index (χ1v) is 10.7. The van der Waals surface area contributed by atoms with Gasteiger partial charge in [0.05, 0.1) is 12.2 Å². The van der Waals surface area contributed by atoms with Crippen molar-refractivity contribution >= 4 is 29.2 Å². The summed E-state index contributed by atoms with van der Waals surface area (Å²) in [5.41, 5.74) is -0.128. The van der Waals surface area contributed by atoms with Crippen LogP contribution in [0.5, 0.6) is 0 Å². The van der Waals surface area contributed by atoms with Crippen LogP contribution in [0.3, 0.4) is 0 Å². The van der Waals surface area contributed by atoms with Crippen molar-refractivity contribution in [3.05, 3.63) is 71.2 Å². The smallest absolute Gasteiger partial charge is 0.325 e. The Morgan fingerprint density at radius 1 is 1.31 bits per heavy atom. The number of amides is 4. The van der Waals surface area contributed by atoms with Crippen LogP contribution < -0.4 is 5.32 Å². The van der Waals surface area contributed by atoms with Gasteiger partial charge in [0.25, 0.3) is 5.91 Å². The average molecular weight is 452 g/mol. The lowest BCUT2D eigenvalue weighted by Crippen LogP contribution is -2.44. The van der Waals surface area contributed by atoms with Gasteiger partial charge in [0.2, 0.25) is 5.91 Å². The Balaban J connectivity index is 1.54. The van der Waals surface area contributed by atoms with Gasteiger partial charge in [-0.25, -0.2) is 9.48 Å². The van der Waals surface area contributed by atoms with Crippen LogP contribution in [0.1, 0.15) is 17.4 Å². The van der Waals surface area contributed by atoms with E-state index in [0.29, 0.717) is 24.3 Å². The number of hydrogen-bond acceptors (Lipinski definition) is 7. The maximum Gasteiger partial charge on any atom is 0.325 e. The van der Waals surface area contributed by atoms with Crippen LogP contribution in [0.25, 0.3) is 5.69 Å². The number of imide groups is 1. The summed E-state index contributed by atoms with van der Waals surface area (Å²) in [6.45, 7) is 5.66. The Morgan fingerprint density at radius 2 is 2.16 bits per heavy atom. The largest absolute Gasteiger partial charge is 0.332 e. The summed E-state index contributed by atoms with van der Waals surface area (Å²) in [7, 11) is 0. The van der Waals surface area contributed by atoms with Gasteiger partial charge in [-0.05, 0) is 46.5 Å². The number of benzene rings is 1. The van der Waals surface area contributed by atoms with E-state index in [1.807, 2.05) is 17.5 Å². The van der Waals surface area contributed by atoms with Crippen molar-refractivity contribution in [2.75, 3.05) is 13.1 Å². The zero-order chi connectivity index (χ0) is 22.7. The third-order valence-corrected chi connectivity index (χ3v) is 6.10. The number of carbonyl (C=O) groups is 3. The summed E-state index contributed by atoms with van der Waals surface area (Å²) < 4.78 is 1.45. The summed E-state index contributed by atoms with van der Waals surface area (Å²) in [6, 6.07) is 10.2. The van der Waals surface area contributed by atoms with Crippen LogP contribution in [0.4, 0.5) is 4.79 Å². The zero-order valence-electron chi connectivity index (χ0n) is 17.3. The van der Waals surface area contributed by atoms with Gasteiger partial charge in [0, 0.05) is 11.4 Å². The van der Waals surface area contributed by atoms with Crippen molar-refractivity contribution in [1.29, 1.82) is 0 Å². The molecule has 0 bridgehead atoms. The van der Waals surface area contributed by atoms with Crippen molar-refractivity contribution in [1.82, 2.24) is 35.3 Å². The number of carbonyl (C=O) groups excluding carboxylic acids is 3. The standard InChI is InChI=1S/C21H21N7O3S/c1-3-9-26(12-17-8-5-10-32-17)18(29)13-27-19(30)21(2,23-20(27)31)15-6-4-7-16(11-15)28-14-22-24-25-28/h3-8,10-11,14H,1,9,12-13H2,2H3,(H,23,31). The maximum atomic E-state index is 13.3. The Bertz CT molecular complexity index is 1150. The first-order chi connectivity index (χ1) is 15.4. The molecule has 0 saturated carbocycles. The highest BCUT2D eigenvalue weighted by Gasteiger charge is 2.49. The molecule has 4 amide bonds. The van der Waals surface area contributed by atoms with Gasteiger partial charge in [0.15, 0.2) is 0 Å². The molecular formula is C21H21N7O3S. The highest BCUT2D eigenvalue weighted by molar-refractivity contribution is 7.09. The lowest BCUT2D eigenvalue weighted by molar-refractivity contribution is -0.138. The molecule has 1 aliphatic heterocycles. The van der Waals surface area contributed by atoms with Gasteiger partial charge in [0.1, 0.15) is 18.4 Å². The lowest BCUT2D eigenvalue weighted by atomic mass is 9.91. The molecule has 164 valence electrons. The fourth-order valence-electron chi connectivity index (χ4n) is 3.51. The Labute approximate surface area is 188 Å². The van der Waals surface area contributed by atoms with E-state index in [1.54, 1.807) is 42.2 Å². The quantitative estimate of drug-likeness (QED) is 0.412. The molecule has 4 rings (SSSR count). The third kappa shape index (κ3) is 4.02. The molecule has 0 radical (unpaired) electrons. The Hall–Kier alpha value is -3.86. The van der Waals surface area contributed by atoms with Gasteiger partial charge in [-0.3, -0.25) is 14.5 Å². The third-order valence-electron chi connectivity index (χ3n) is 5.23. The first-order valence-electron chi connectivity index (χ1n) is 9.81. The minimum atomic E-state index is -1.32. The van der Waals surface area contributed by atoms with Gasteiger partial charge in [-0.2, -0.15) is 0 Å². The van der Waals surface area contributed by atoms with E-state index in [2.05, 4.69) is 27.4 Å². The summed E-state index contributed by atoms with van der Waals surface area (Å²) in [4.78, 5) is 42.4. The van der Waals surface area contributed by atoms with E-state index in [4.69, 9.17) is 0 Å². The number of nitrogens with zero attached hydrogens (tertiary/aromatic N) is 6. The maximum absolute atomic E-state index is 13.3. The van der Waals surface area contributed by atoms with Crippen molar-refractivity contribution in [3.8, 4) is 5.69 Å². The fraction of sp³-hybridized carbons (Fsp3) is 0.238. The van der Waals surface area contributed by atoms with E-state index in [0.717, 1.165) is 9.78 Å². The number of thiophene rings is 1. The van der Waals surface area contributed by atoms with Crippen molar-refractivity contribution < 1.29 is 14.4 Å². The molecule has 1 aromatic carbocycles. The van der Waals surface area contributed by atoms with Gasteiger partial charge < -0.3 is 10.2 Å². The van der Waals surface area contributed by atoms with Crippen LogP contribution in [0, 0.1) is 0 Å². The minimum absolute atomic E-state index is 0.311. The topological polar surface area (TPSA) is 113 Å². The van der Waals surface area contributed by atoms with E-state index in [-0.39, 0.29) is 12.5 Å². The number of tetrazole rings is 1. The summed E-state index contributed by atoms with van der Waals surface area (Å²) >= 11 is 1.53. The van der Waals surface area contributed by atoms with E-state index in [1.165, 1.54) is 22.3 Å². The van der Waals surface area contributed by atoms with Crippen LogP contribution in [-0.4, -0.2) is 60.9 Å². The van der Waals surface area contributed by atoms with Crippen molar-refractivity contribution in [2.45, 2.75) is 19.0 Å². The van der Waals surface area contributed by atoms with Crippen molar-refractivity contribution in [3.63, 3.8) is 0 Å². The van der Waals surface area contributed by atoms with E-state index in [9.17, 15) is 14.4 Å². The summed E-state index contributed by atoms with van der Waals surface area (Å²) in [5, 5.41) is 15.7. The molecule has 1 unspecified atom stereocenters. The predicted molar refractivity (Wildman–Crippen MR) is 117 cm³/mol. The molecule has 3 heterocycles. The SMILES string of the molecule is C=CCN(Cc1cccs1)C(=O)CN1C(=O)NC(C)(c2cccc(-n3cnnn3)c2)C1=O. The fourth-order valence-corrected chi connectivity index (χ4v) is 4.23. The summed E-state index contributed by atoms with van der Waals surface area (Å²) in [6.07, 6.45) is 3.05. The molecular weight excluding hydrogens is 430 g/mol. The molecule has 1 atom stereocenters. The van der Waals surface area contributed by atoms with Crippen molar-refractivity contribution in [2.24, 2.45) is 0 Å². The predicted octanol–water partition coefficient (Wildman–Crippen LogP) is 1.71. The number of nitrogens with one attached hydrogen (secondary N) is 1. The summed E-state index contributed by atoms with van der Waals surface area (Å²) in [5.74, 6) is -0.840. The minimum Gasteiger partial charge on any atom is -0.332 e. The highest BCUT2D eigenvalue weighted by atomic mass is 32.1. The molecule has 2 aromatic heterocycles. The molecule has 1 saturated heterocycles. The van der Waals surface area contributed by atoms with Gasteiger partial charge >= 0.3 is 6.03 Å². The number of aromatic nitrogens is 4. The van der Waals surface area contributed by atoms with Gasteiger partial charge in [-0.15, -0.1) is 23.0 Å². The lowest BCUT2D eigenvalue weighted by Gasteiger charge is -2.24. The average Bonchev–Trinajstić information content (AvgIpc) is 3.54. The van der Waals surface area contributed by atoms with Crippen LogP contribution in [0.15, 0.2) is 60.8 Å². The van der Waals surface area contributed by atoms with E-state index >= 15 is 0 Å². The number of urea groups is 1. The normalized spacial score (nSPS) is 18.0. The second-order valence-electron chi connectivity index (χ2n) is 7.39. The van der Waals surface area contributed by atoms with Crippen LogP contribution >= 0.6 is 11.3 Å².